The molecule has 5 heteroatoms. The Hall–Kier alpha value is -1.93. The SMILES string of the molecule is Cc1cnccc1CNCC(=O)NCC#N. The molecule has 0 fully saturated rings. The zero-order chi connectivity index (χ0) is 11.8. The third kappa shape index (κ3) is 4.07. The first-order valence-electron chi connectivity index (χ1n) is 4.98. The standard InChI is InChI=1S/C11H14N4O/c1-9-6-13-4-2-10(9)7-14-8-11(16)15-5-3-12/h2,4,6,14H,5,7-8H2,1H3,(H,15,16). The molecule has 0 aliphatic rings. The summed E-state index contributed by atoms with van der Waals surface area (Å²) in [6, 6.07) is 3.76. The molecule has 0 atom stereocenters. The van der Waals surface area contributed by atoms with Gasteiger partial charge in [0.25, 0.3) is 0 Å². The Morgan fingerprint density at radius 2 is 2.44 bits per heavy atom. The lowest BCUT2D eigenvalue weighted by molar-refractivity contribution is -0.120. The number of carbonyl (C=O) groups excluding carboxylic acids is 1. The monoisotopic (exact) mass is 218 g/mol. The molecule has 0 aliphatic heterocycles. The van der Waals surface area contributed by atoms with E-state index in [-0.39, 0.29) is 19.0 Å². The Kier molecular flexibility index (Phi) is 4.96. The molecule has 1 aromatic rings. The molecule has 2 N–H and O–H groups in total. The molecule has 0 aliphatic carbocycles. The van der Waals surface area contributed by atoms with Gasteiger partial charge in [-0.25, -0.2) is 0 Å². The molecule has 1 aromatic heterocycles. The second kappa shape index (κ2) is 6.53. The zero-order valence-electron chi connectivity index (χ0n) is 9.16. The van der Waals surface area contributed by atoms with Crippen molar-refractivity contribution < 1.29 is 4.79 Å². The highest BCUT2D eigenvalue weighted by atomic mass is 16.1. The molecule has 84 valence electrons. The first kappa shape index (κ1) is 12.1. The van der Waals surface area contributed by atoms with Crippen molar-refractivity contribution in [3.63, 3.8) is 0 Å². The molecule has 0 aromatic carbocycles. The van der Waals surface area contributed by atoms with Crippen molar-refractivity contribution in [3.8, 4) is 6.07 Å². The van der Waals surface area contributed by atoms with Gasteiger partial charge in [-0.05, 0) is 24.1 Å². The highest BCUT2D eigenvalue weighted by Gasteiger charge is 2.00. The number of nitriles is 1. The summed E-state index contributed by atoms with van der Waals surface area (Å²) in [6.07, 6.45) is 3.51. The maximum absolute atomic E-state index is 11.1. The van der Waals surface area contributed by atoms with Gasteiger partial charge in [0, 0.05) is 18.9 Å². The zero-order valence-corrected chi connectivity index (χ0v) is 9.16. The van der Waals surface area contributed by atoms with E-state index < -0.39 is 0 Å². The van der Waals surface area contributed by atoms with E-state index >= 15 is 0 Å². The maximum atomic E-state index is 11.1. The highest BCUT2D eigenvalue weighted by Crippen LogP contribution is 2.03. The lowest BCUT2D eigenvalue weighted by Gasteiger charge is -2.06. The fourth-order valence-electron chi connectivity index (χ4n) is 1.21. The third-order valence-electron chi connectivity index (χ3n) is 2.10. The number of pyridine rings is 1. The fraction of sp³-hybridized carbons (Fsp3) is 0.364. The van der Waals surface area contributed by atoms with E-state index in [1.807, 2.05) is 19.1 Å². The van der Waals surface area contributed by atoms with Crippen molar-refractivity contribution in [2.45, 2.75) is 13.5 Å². The highest BCUT2D eigenvalue weighted by molar-refractivity contribution is 5.78. The minimum atomic E-state index is -0.173. The van der Waals surface area contributed by atoms with Gasteiger partial charge < -0.3 is 10.6 Å². The molecule has 16 heavy (non-hydrogen) atoms. The number of rotatable bonds is 5. The van der Waals surface area contributed by atoms with Gasteiger partial charge in [-0.1, -0.05) is 0 Å². The summed E-state index contributed by atoms with van der Waals surface area (Å²) in [6.45, 7) is 2.85. The molecule has 1 amide bonds. The number of nitrogens with zero attached hydrogens (tertiary/aromatic N) is 2. The summed E-state index contributed by atoms with van der Waals surface area (Å²) < 4.78 is 0. The second-order valence-corrected chi connectivity index (χ2v) is 3.34. The van der Waals surface area contributed by atoms with Crippen LogP contribution < -0.4 is 10.6 Å². The predicted octanol–water partition coefficient (Wildman–Crippen LogP) is 0.119. The molecule has 0 unspecified atom stereocenters. The average Bonchev–Trinajstić information content (AvgIpc) is 2.29. The summed E-state index contributed by atoms with van der Waals surface area (Å²) >= 11 is 0. The van der Waals surface area contributed by atoms with Crippen LogP contribution in [-0.2, 0) is 11.3 Å². The predicted molar refractivity (Wildman–Crippen MR) is 59.3 cm³/mol. The van der Waals surface area contributed by atoms with Crippen molar-refractivity contribution in [3.05, 3.63) is 29.6 Å². The van der Waals surface area contributed by atoms with Gasteiger partial charge in [0.2, 0.25) is 5.91 Å². The summed E-state index contributed by atoms with van der Waals surface area (Å²) in [4.78, 5) is 15.1. The van der Waals surface area contributed by atoms with Crippen molar-refractivity contribution in [2.24, 2.45) is 0 Å². The number of aromatic nitrogens is 1. The van der Waals surface area contributed by atoms with E-state index in [1.165, 1.54) is 0 Å². The topological polar surface area (TPSA) is 77.8 Å². The number of carbonyl (C=O) groups is 1. The summed E-state index contributed by atoms with van der Waals surface area (Å²) in [5.74, 6) is -0.173. The quantitative estimate of drug-likeness (QED) is 0.688. The van der Waals surface area contributed by atoms with Crippen LogP contribution in [0.4, 0.5) is 0 Å². The minimum Gasteiger partial charge on any atom is -0.342 e. The van der Waals surface area contributed by atoms with Crippen LogP contribution in [0.3, 0.4) is 0 Å². The molecule has 0 saturated heterocycles. The van der Waals surface area contributed by atoms with E-state index in [4.69, 9.17) is 5.26 Å². The van der Waals surface area contributed by atoms with Gasteiger partial charge in [0.1, 0.15) is 6.54 Å². The van der Waals surface area contributed by atoms with Crippen LogP contribution in [0.1, 0.15) is 11.1 Å². The maximum Gasteiger partial charge on any atom is 0.234 e. The Bertz CT molecular complexity index is 397. The lowest BCUT2D eigenvalue weighted by Crippen LogP contribution is -2.33. The van der Waals surface area contributed by atoms with Gasteiger partial charge in [-0.2, -0.15) is 5.26 Å². The van der Waals surface area contributed by atoms with Crippen molar-refractivity contribution in [1.82, 2.24) is 15.6 Å². The Balaban J connectivity index is 2.29. The third-order valence-corrected chi connectivity index (χ3v) is 2.10. The number of hydrogen-bond acceptors (Lipinski definition) is 4. The minimum absolute atomic E-state index is 0.0504. The normalized spacial score (nSPS) is 9.50. The van der Waals surface area contributed by atoms with Crippen LogP contribution in [0.5, 0.6) is 0 Å². The van der Waals surface area contributed by atoms with Crippen LogP contribution >= 0.6 is 0 Å². The first-order valence-corrected chi connectivity index (χ1v) is 4.98. The second-order valence-electron chi connectivity index (χ2n) is 3.34. The number of amides is 1. The van der Waals surface area contributed by atoms with E-state index in [0.29, 0.717) is 6.54 Å². The van der Waals surface area contributed by atoms with Crippen LogP contribution in [0, 0.1) is 18.3 Å². The molecular weight excluding hydrogens is 204 g/mol. The molecule has 0 radical (unpaired) electrons. The summed E-state index contributed by atoms with van der Waals surface area (Å²) in [5.41, 5.74) is 2.20. The number of nitrogens with one attached hydrogen (secondary N) is 2. The summed E-state index contributed by atoms with van der Waals surface area (Å²) in [5, 5.41) is 13.7. The van der Waals surface area contributed by atoms with Crippen LogP contribution in [0.15, 0.2) is 18.5 Å². The van der Waals surface area contributed by atoms with E-state index in [9.17, 15) is 4.79 Å². The van der Waals surface area contributed by atoms with E-state index in [2.05, 4.69) is 15.6 Å². The largest absolute Gasteiger partial charge is 0.342 e. The Morgan fingerprint density at radius 3 is 3.12 bits per heavy atom. The molecule has 5 nitrogen and oxygen atoms in total. The first-order chi connectivity index (χ1) is 7.74. The van der Waals surface area contributed by atoms with Gasteiger partial charge >= 0.3 is 0 Å². The Morgan fingerprint density at radius 1 is 1.62 bits per heavy atom. The summed E-state index contributed by atoms with van der Waals surface area (Å²) in [7, 11) is 0. The van der Waals surface area contributed by atoms with E-state index in [1.54, 1.807) is 12.4 Å². The number of aryl methyl sites for hydroxylation is 1. The molecule has 1 heterocycles. The van der Waals surface area contributed by atoms with Crippen molar-refractivity contribution in [1.29, 1.82) is 5.26 Å². The van der Waals surface area contributed by atoms with Crippen LogP contribution in [-0.4, -0.2) is 24.0 Å². The molecule has 1 rings (SSSR count). The van der Waals surface area contributed by atoms with Crippen molar-refractivity contribution >= 4 is 5.91 Å². The van der Waals surface area contributed by atoms with Crippen LogP contribution in [0.2, 0.25) is 0 Å². The van der Waals surface area contributed by atoms with Crippen molar-refractivity contribution in [2.75, 3.05) is 13.1 Å². The van der Waals surface area contributed by atoms with Gasteiger partial charge in [0.15, 0.2) is 0 Å². The fourth-order valence-corrected chi connectivity index (χ4v) is 1.21. The smallest absolute Gasteiger partial charge is 0.234 e. The number of hydrogen-bond donors (Lipinski definition) is 2. The average molecular weight is 218 g/mol. The van der Waals surface area contributed by atoms with Crippen LogP contribution in [0.25, 0.3) is 0 Å². The molecular formula is C11H14N4O. The van der Waals surface area contributed by atoms with Gasteiger partial charge in [0.05, 0.1) is 12.6 Å². The lowest BCUT2D eigenvalue weighted by atomic mass is 10.1. The van der Waals surface area contributed by atoms with Gasteiger partial charge in [-0.3, -0.25) is 9.78 Å². The van der Waals surface area contributed by atoms with Gasteiger partial charge in [-0.15, -0.1) is 0 Å². The molecule has 0 saturated carbocycles. The van der Waals surface area contributed by atoms with E-state index in [0.717, 1.165) is 11.1 Å². The molecule has 0 spiro atoms. The molecule has 0 bridgehead atoms. The Labute approximate surface area is 94.5 Å².